The van der Waals surface area contributed by atoms with E-state index in [2.05, 4.69) is 15.9 Å². The molecule has 0 saturated heterocycles. The third-order valence-electron chi connectivity index (χ3n) is 2.53. The molecule has 0 spiro atoms. The third kappa shape index (κ3) is 3.22. The number of phenolic OH excluding ortho intramolecular Hbond substituents is 1. The molecule has 0 aliphatic rings. The number of hydrogen-bond donors (Lipinski definition) is 1. The van der Waals surface area contributed by atoms with Gasteiger partial charge in [0.2, 0.25) is 0 Å². The van der Waals surface area contributed by atoms with Crippen LogP contribution in [-0.4, -0.2) is 5.11 Å². The maximum atomic E-state index is 12.8. The number of alkyl halides is 3. The first kappa shape index (κ1) is 14.6. The molecule has 0 aliphatic heterocycles. The first-order chi connectivity index (χ1) is 8.79. The van der Waals surface area contributed by atoms with Crippen molar-refractivity contribution in [2.24, 2.45) is 0 Å². The molecule has 0 unspecified atom stereocenters. The van der Waals surface area contributed by atoms with Crippen LogP contribution in [0.25, 0.3) is 11.1 Å². The van der Waals surface area contributed by atoms with E-state index in [4.69, 9.17) is 0 Å². The summed E-state index contributed by atoms with van der Waals surface area (Å²) < 4.78 is 39.5. The molecule has 0 aromatic heterocycles. The highest BCUT2D eigenvalue weighted by Crippen LogP contribution is 2.39. The van der Waals surface area contributed by atoms with Crippen molar-refractivity contribution in [3.05, 3.63) is 50.0 Å². The Hall–Kier alpha value is -0.760. The van der Waals surface area contributed by atoms with Gasteiger partial charge < -0.3 is 5.11 Å². The van der Waals surface area contributed by atoms with Crippen molar-refractivity contribution in [3.63, 3.8) is 0 Å². The number of phenols is 1. The first-order valence-electron chi connectivity index (χ1n) is 5.14. The van der Waals surface area contributed by atoms with Crippen molar-refractivity contribution in [1.82, 2.24) is 0 Å². The third-order valence-corrected chi connectivity index (χ3v) is 4.98. The Kier molecular flexibility index (Phi) is 4.10. The minimum atomic E-state index is -4.38. The SMILES string of the molecule is Oc1ccc(-c2cc(C(F)(F)F)cc(I)c2Br)cc1. The topological polar surface area (TPSA) is 20.2 Å². The molecule has 0 fully saturated rings. The van der Waals surface area contributed by atoms with Gasteiger partial charge in [-0.1, -0.05) is 12.1 Å². The average molecular weight is 443 g/mol. The van der Waals surface area contributed by atoms with E-state index in [9.17, 15) is 18.3 Å². The Morgan fingerprint density at radius 3 is 2.16 bits per heavy atom. The average Bonchev–Trinajstić information content (AvgIpc) is 2.32. The minimum Gasteiger partial charge on any atom is -0.508 e. The molecule has 19 heavy (non-hydrogen) atoms. The van der Waals surface area contributed by atoms with Crippen LogP contribution in [0.15, 0.2) is 40.9 Å². The molecule has 100 valence electrons. The molecule has 2 aromatic rings. The molecule has 1 nitrogen and oxygen atoms in total. The number of hydrogen-bond acceptors (Lipinski definition) is 1. The lowest BCUT2D eigenvalue weighted by atomic mass is 10.0. The fourth-order valence-electron chi connectivity index (χ4n) is 1.60. The molecule has 0 atom stereocenters. The van der Waals surface area contributed by atoms with Gasteiger partial charge in [-0.25, -0.2) is 0 Å². The summed E-state index contributed by atoms with van der Waals surface area (Å²) in [4.78, 5) is 0. The Morgan fingerprint density at radius 2 is 1.63 bits per heavy atom. The van der Waals surface area contributed by atoms with Crippen molar-refractivity contribution in [2.45, 2.75) is 6.18 Å². The van der Waals surface area contributed by atoms with Gasteiger partial charge in [0.1, 0.15) is 5.75 Å². The second-order valence-electron chi connectivity index (χ2n) is 3.86. The molecule has 0 heterocycles. The molecule has 2 rings (SSSR count). The second-order valence-corrected chi connectivity index (χ2v) is 5.82. The molecule has 1 N–H and O–H groups in total. The van der Waals surface area contributed by atoms with Crippen LogP contribution in [-0.2, 0) is 6.18 Å². The lowest BCUT2D eigenvalue weighted by Crippen LogP contribution is -2.06. The highest BCUT2D eigenvalue weighted by molar-refractivity contribution is 14.1. The van der Waals surface area contributed by atoms with E-state index in [1.807, 2.05) is 22.6 Å². The summed E-state index contributed by atoms with van der Waals surface area (Å²) in [6.07, 6.45) is -4.38. The van der Waals surface area contributed by atoms with Gasteiger partial charge in [0.25, 0.3) is 0 Å². The van der Waals surface area contributed by atoms with E-state index in [-0.39, 0.29) is 5.75 Å². The van der Waals surface area contributed by atoms with Gasteiger partial charge in [-0.3, -0.25) is 0 Å². The zero-order valence-electron chi connectivity index (χ0n) is 9.30. The summed E-state index contributed by atoms with van der Waals surface area (Å²) in [6, 6.07) is 8.22. The predicted octanol–water partition coefficient (Wildman–Crippen LogP) is 5.45. The summed E-state index contributed by atoms with van der Waals surface area (Å²) >= 11 is 5.15. The van der Waals surface area contributed by atoms with E-state index in [1.165, 1.54) is 12.1 Å². The fourth-order valence-corrected chi connectivity index (χ4v) is 2.69. The summed E-state index contributed by atoms with van der Waals surface area (Å²) in [5.41, 5.74) is 0.357. The zero-order chi connectivity index (χ0) is 14.2. The van der Waals surface area contributed by atoms with Crippen LogP contribution in [0, 0.1) is 3.57 Å². The van der Waals surface area contributed by atoms with Crippen LogP contribution in [0.5, 0.6) is 5.75 Å². The fraction of sp³-hybridized carbons (Fsp3) is 0.0769. The summed E-state index contributed by atoms with van der Waals surface area (Å²) in [6.45, 7) is 0. The molecule has 0 radical (unpaired) electrons. The van der Waals surface area contributed by atoms with Crippen molar-refractivity contribution < 1.29 is 18.3 Å². The molecular formula is C13H7BrF3IO. The monoisotopic (exact) mass is 442 g/mol. The summed E-state index contributed by atoms with van der Waals surface area (Å²) in [5.74, 6) is 0.0709. The van der Waals surface area contributed by atoms with Crippen LogP contribution in [0.1, 0.15) is 5.56 Å². The van der Waals surface area contributed by atoms with Gasteiger partial charge in [-0.15, -0.1) is 0 Å². The molecule has 2 aromatic carbocycles. The Labute approximate surface area is 129 Å². The van der Waals surface area contributed by atoms with Gasteiger partial charge in [-0.05, 0) is 73.9 Å². The highest BCUT2D eigenvalue weighted by atomic mass is 127. The number of rotatable bonds is 1. The number of halogens is 5. The van der Waals surface area contributed by atoms with Gasteiger partial charge in [-0.2, -0.15) is 13.2 Å². The normalized spacial score (nSPS) is 11.6. The van der Waals surface area contributed by atoms with Gasteiger partial charge >= 0.3 is 6.18 Å². The largest absolute Gasteiger partial charge is 0.508 e. The Morgan fingerprint density at radius 1 is 1.05 bits per heavy atom. The van der Waals surface area contributed by atoms with E-state index in [0.29, 0.717) is 19.2 Å². The van der Waals surface area contributed by atoms with E-state index < -0.39 is 11.7 Å². The van der Waals surface area contributed by atoms with Crippen molar-refractivity contribution in [2.75, 3.05) is 0 Å². The minimum absolute atomic E-state index is 0.0709. The van der Waals surface area contributed by atoms with Crippen LogP contribution in [0.2, 0.25) is 0 Å². The van der Waals surface area contributed by atoms with Gasteiger partial charge in [0, 0.05) is 8.04 Å². The molecule has 6 heteroatoms. The van der Waals surface area contributed by atoms with Crippen LogP contribution in [0.4, 0.5) is 13.2 Å². The van der Waals surface area contributed by atoms with Crippen molar-refractivity contribution in [1.29, 1.82) is 0 Å². The summed E-state index contributed by atoms with van der Waals surface area (Å²) in [5, 5.41) is 9.22. The standard InChI is InChI=1S/C13H7BrF3IO/c14-12-10(7-1-3-9(19)4-2-7)5-8(6-11(12)18)13(15,16)17/h1-6,19H. The van der Waals surface area contributed by atoms with Crippen molar-refractivity contribution >= 4 is 38.5 Å². The number of aromatic hydroxyl groups is 1. The first-order valence-corrected chi connectivity index (χ1v) is 7.02. The van der Waals surface area contributed by atoms with Crippen LogP contribution < -0.4 is 0 Å². The van der Waals surface area contributed by atoms with Crippen molar-refractivity contribution in [3.8, 4) is 16.9 Å². The lowest BCUT2D eigenvalue weighted by molar-refractivity contribution is -0.137. The quantitative estimate of drug-likeness (QED) is 0.582. The van der Waals surface area contributed by atoms with Crippen LogP contribution >= 0.6 is 38.5 Å². The predicted molar refractivity (Wildman–Crippen MR) is 79.0 cm³/mol. The maximum absolute atomic E-state index is 12.8. The van der Waals surface area contributed by atoms with E-state index >= 15 is 0 Å². The Balaban J connectivity index is 2.62. The maximum Gasteiger partial charge on any atom is 0.416 e. The van der Waals surface area contributed by atoms with E-state index in [1.54, 1.807) is 12.1 Å². The molecule has 0 bridgehead atoms. The Bertz CT molecular complexity index is 609. The smallest absolute Gasteiger partial charge is 0.416 e. The van der Waals surface area contributed by atoms with Crippen LogP contribution in [0.3, 0.4) is 0 Å². The van der Waals surface area contributed by atoms with Gasteiger partial charge in [0.15, 0.2) is 0 Å². The highest BCUT2D eigenvalue weighted by Gasteiger charge is 2.31. The summed E-state index contributed by atoms with van der Waals surface area (Å²) in [7, 11) is 0. The second kappa shape index (κ2) is 5.32. The molecule has 0 saturated carbocycles. The van der Waals surface area contributed by atoms with Gasteiger partial charge in [0.05, 0.1) is 5.56 Å². The zero-order valence-corrected chi connectivity index (χ0v) is 13.0. The lowest BCUT2D eigenvalue weighted by Gasteiger charge is -2.13. The molecular weight excluding hydrogens is 436 g/mol. The van der Waals surface area contributed by atoms with E-state index in [0.717, 1.165) is 12.1 Å². The number of benzene rings is 2. The molecule has 0 aliphatic carbocycles. The molecule has 0 amide bonds.